The molecular formula is C18H13N3OS. The largest absolute Gasteiger partial charge is 0.319 e. The average Bonchev–Trinajstić information content (AvgIpc) is 3.22. The Morgan fingerprint density at radius 3 is 2.70 bits per heavy atom. The van der Waals surface area contributed by atoms with Crippen LogP contribution in [0.2, 0.25) is 0 Å². The summed E-state index contributed by atoms with van der Waals surface area (Å²) in [6, 6.07) is 17.7. The summed E-state index contributed by atoms with van der Waals surface area (Å²) in [6.45, 7) is 0. The van der Waals surface area contributed by atoms with Crippen molar-refractivity contribution in [2.45, 2.75) is 0 Å². The zero-order chi connectivity index (χ0) is 15.6. The number of para-hydroxylation sites is 1. The van der Waals surface area contributed by atoms with Crippen LogP contribution in [-0.4, -0.2) is 15.7 Å². The van der Waals surface area contributed by atoms with Gasteiger partial charge in [0, 0.05) is 15.5 Å². The number of nitrogens with zero attached hydrogens (tertiary/aromatic N) is 2. The Hall–Kier alpha value is -2.92. The Kier molecular flexibility index (Phi) is 3.40. The molecule has 2 aromatic carbocycles. The van der Waals surface area contributed by atoms with Gasteiger partial charge in [-0.15, -0.1) is 11.3 Å². The van der Waals surface area contributed by atoms with Gasteiger partial charge in [-0.2, -0.15) is 5.10 Å². The number of rotatable bonds is 3. The number of thiophene rings is 1. The molecule has 0 aliphatic heterocycles. The van der Waals surface area contributed by atoms with Crippen molar-refractivity contribution in [3.8, 4) is 5.69 Å². The summed E-state index contributed by atoms with van der Waals surface area (Å²) in [6.07, 6.45) is 3.46. The van der Waals surface area contributed by atoms with Crippen molar-refractivity contribution in [3.05, 3.63) is 77.9 Å². The fourth-order valence-electron chi connectivity index (χ4n) is 2.46. The van der Waals surface area contributed by atoms with Crippen LogP contribution in [0.1, 0.15) is 10.4 Å². The van der Waals surface area contributed by atoms with Gasteiger partial charge in [0.05, 0.1) is 29.3 Å². The lowest BCUT2D eigenvalue weighted by Crippen LogP contribution is -2.10. The van der Waals surface area contributed by atoms with Crippen molar-refractivity contribution in [1.29, 1.82) is 0 Å². The third kappa shape index (κ3) is 2.62. The summed E-state index contributed by atoms with van der Waals surface area (Å²) < 4.78 is 2.85. The van der Waals surface area contributed by atoms with Crippen LogP contribution in [0.25, 0.3) is 15.8 Å². The Bertz CT molecular complexity index is 972. The Labute approximate surface area is 137 Å². The van der Waals surface area contributed by atoms with Gasteiger partial charge in [0.1, 0.15) is 0 Å². The van der Waals surface area contributed by atoms with Crippen LogP contribution in [0.4, 0.5) is 5.69 Å². The van der Waals surface area contributed by atoms with Gasteiger partial charge in [-0.1, -0.05) is 36.4 Å². The maximum atomic E-state index is 12.5. The normalized spacial score (nSPS) is 10.8. The lowest BCUT2D eigenvalue weighted by atomic mass is 10.1. The van der Waals surface area contributed by atoms with Crippen molar-refractivity contribution in [2.75, 3.05) is 5.32 Å². The van der Waals surface area contributed by atoms with E-state index in [1.807, 2.05) is 66.2 Å². The van der Waals surface area contributed by atoms with Crippen molar-refractivity contribution in [1.82, 2.24) is 9.78 Å². The van der Waals surface area contributed by atoms with Crippen LogP contribution >= 0.6 is 11.3 Å². The highest BCUT2D eigenvalue weighted by Crippen LogP contribution is 2.26. The van der Waals surface area contributed by atoms with E-state index >= 15 is 0 Å². The topological polar surface area (TPSA) is 46.9 Å². The van der Waals surface area contributed by atoms with E-state index in [-0.39, 0.29) is 5.91 Å². The molecule has 112 valence electrons. The standard InChI is InChI=1S/C18H13N3OS/c22-18(16-12-23-17-9-5-4-8-15(16)17)20-13-10-19-21(11-13)14-6-2-1-3-7-14/h1-12H,(H,20,22). The zero-order valence-electron chi connectivity index (χ0n) is 12.1. The van der Waals surface area contributed by atoms with Gasteiger partial charge in [-0.05, 0) is 18.2 Å². The second kappa shape index (κ2) is 5.70. The predicted octanol–water partition coefficient (Wildman–Crippen LogP) is 4.34. The molecule has 23 heavy (non-hydrogen) atoms. The van der Waals surface area contributed by atoms with Crippen LogP contribution in [0.15, 0.2) is 72.4 Å². The van der Waals surface area contributed by atoms with Crippen LogP contribution < -0.4 is 5.32 Å². The van der Waals surface area contributed by atoms with E-state index < -0.39 is 0 Å². The van der Waals surface area contributed by atoms with E-state index in [1.54, 1.807) is 22.2 Å². The van der Waals surface area contributed by atoms with E-state index in [0.717, 1.165) is 15.8 Å². The molecule has 4 rings (SSSR count). The summed E-state index contributed by atoms with van der Waals surface area (Å²) >= 11 is 1.57. The second-order valence-corrected chi connectivity index (χ2v) is 6.02. The van der Waals surface area contributed by atoms with Crippen molar-refractivity contribution < 1.29 is 4.79 Å². The molecule has 0 unspecified atom stereocenters. The molecule has 2 aromatic heterocycles. The molecule has 0 saturated heterocycles. The highest BCUT2D eigenvalue weighted by Gasteiger charge is 2.13. The third-order valence-electron chi connectivity index (χ3n) is 3.59. The van der Waals surface area contributed by atoms with E-state index in [2.05, 4.69) is 10.4 Å². The number of amides is 1. The molecule has 4 aromatic rings. The third-order valence-corrected chi connectivity index (χ3v) is 4.55. The first kappa shape index (κ1) is 13.7. The summed E-state index contributed by atoms with van der Waals surface area (Å²) in [7, 11) is 0. The van der Waals surface area contributed by atoms with Gasteiger partial charge in [0.2, 0.25) is 0 Å². The number of carbonyl (C=O) groups excluding carboxylic acids is 1. The SMILES string of the molecule is O=C(Nc1cnn(-c2ccccc2)c1)c1csc2ccccc12. The van der Waals surface area contributed by atoms with E-state index in [1.165, 1.54) is 0 Å². The second-order valence-electron chi connectivity index (χ2n) is 5.11. The molecule has 1 amide bonds. The highest BCUT2D eigenvalue weighted by atomic mass is 32.1. The maximum Gasteiger partial charge on any atom is 0.257 e. The Morgan fingerprint density at radius 1 is 1.04 bits per heavy atom. The lowest BCUT2D eigenvalue weighted by Gasteiger charge is -2.01. The Balaban J connectivity index is 1.59. The molecule has 0 fully saturated rings. The van der Waals surface area contributed by atoms with Crippen molar-refractivity contribution in [2.24, 2.45) is 0 Å². The van der Waals surface area contributed by atoms with Gasteiger partial charge < -0.3 is 5.32 Å². The summed E-state index contributed by atoms with van der Waals surface area (Å²) in [5, 5.41) is 10.1. The number of nitrogens with one attached hydrogen (secondary N) is 1. The molecule has 0 bridgehead atoms. The number of benzene rings is 2. The molecular weight excluding hydrogens is 306 g/mol. The minimum Gasteiger partial charge on any atom is -0.319 e. The maximum absolute atomic E-state index is 12.5. The van der Waals surface area contributed by atoms with E-state index in [4.69, 9.17) is 0 Å². The predicted molar refractivity (Wildman–Crippen MR) is 93.3 cm³/mol. The van der Waals surface area contributed by atoms with Crippen LogP contribution in [-0.2, 0) is 0 Å². The van der Waals surface area contributed by atoms with E-state index in [9.17, 15) is 4.79 Å². The van der Waals surface area contributed by atoms with E-state index in [0.29, 0.717) is 11.3 Å². The highest BCUT2D eigenvalue weighted by molar-refractivity contribution is 7.17. The summed E-state index contributed by atoms with van der Waals surface area (Å²) in [5.74, 6) is -0.116. The van der Waals surface area contributed by atoms with Gasteiger partial charge in [0.25, 0.3) is 5.91 Å². The minimum absolute atomic E-state index is 0.116. The van der Waals surface area contributed by atoms with Gasteiger partial charge in [-0.25, -0.2) is 4.68 Å². The molecule has 0 atom stereocenters. The first-order valence-electron chi connectivity index (χ1n) is 7.19. The number of anilines is 1. The smallest absolute Gasteiger partial charge is 0.257 e. The monoisotopic (exact) mass is 319 g/mol. The molecule has 4 nitrogen and oxygen atoms in total. The molecule has 5 heteroatoms. The minimum atomic E-state index is -0.116. The van der Waals surface area contributed by atoms with Gasteiger partial charge in [-0.3, -0.25) is 4.79 Å². The average molecular weight is 319 g/mol. The number of aromatic nitrogens is 2. The Morgan fingerprint density at radius 2 is 1.83 bits per heavy atom. The summed E-state index contributed by atoms with van der Waals surface area (Å²) in [4.78, 5) is 12.5. The lowest BCUT2D eigenvalue weighted by molar-refractivity contribution is 0.102. The molecule has 1 N–H and O–H groups in total. The fourth-order valence-corrected chi connectivity index (χ4v) is 3.40. The number of hydrogen-bond donors (Lipinski definition) is 1. The number of hydrogen-bond acceptors (Lipinski definition) is 3. The van der Waals surface area contributed by atoms with Gasteiger partial charge in [0.15, 0.2) is 0 Å². The van der Waals surface area contributed by atoms with Crippen LogP contribution in [0, 0.1) is 0 Å². The zero-order valence-corrected chi connectivity index (χ0v) is 13.0. The van der Waals surface area contributed by atoms with Crippen molar-refractivity contribution in [3.63, 3.8) is 0 Å². The quantitative estimate of drug-likeness (QED) is 0.610. The first-order chi connectivity index (χ1) is 11.3. The summed E-state index contributed by atoms with van der Waals surface area (Å²) in [5.41, 5.74) is 2.32. The molecule has 0 radical (unpaired) electrons. The van der Waals surface area contributed by atoms with Gasteiger partial charge >= 0.3 is 0 Å². The number of fused-ring (bicyclic) bond motifs is 1. The fraction of sp³-hybridized carbons (Fsp3) is 0. The first-order valence-corrected chi connectivity index (χ1v) is 8.07. The molecule has 0 spiro atoms. The van der Waals surface area contributed by atoms with Crippen LogP contribution in [0.5, 0.6) is 0 Å². The molecule has 0 aliphatic rings. The van der Waals surface area contributed by atoms with Crippen LogP contribution in [0.3, 0.4) is 0 Å². The molecule has 0 aliphatic carbocycles. The molecule has 0 saturated carbocycles. The number of carbonyl (C=O) groups is 1. The van der Waals surface area contributed by atoms with Crippen molar-refractivity contribution >= 4 is 33.0 Å². The molecule has 2 heterocycles.